The van der Waals surface area contributed by atoms with Gasteiger partial charge in [0.05, 0.1) is 15.7 Å². The number of carbonyl (C=O) groups excluding carboxylic acids is 1. The summed E-state index contributed by atoms with van der Waals surface area (Å²) in [7, 11) is -3.81. The number of anilines is 1. The highest BCUT2D eigenvalue weighted by atomic mass is 32.2. The van der Waals surface area contributed by atoms with Gasteiger partial charge in [-0.3, -0.25) is 10.1 Å². The lowest BCUT2D eigenvalue weighted by Crippen LogP contribution is -2.43. The van der Waals surface area contributed by atoms with Crippen molar-refractivity contribution in [3.63, 3.8) is 0 Å². The highest BCUT2D eigenvalue weighted by molar-refractivity contribution is 7.89. The summed E-state index contributed by atoms with van der Waals surface area (Å²) in [5, 5.41) is 12.2. The van der Waals surface area contributed by atoms with Gasteiger partial charge < -0.3 is 4.42 Å². The van der Waals surface area contributed by atoms with Crippen LogP contribution in [0.5, 0.6) is 0 Å². The number of thiophene rings is 1. The van der Waals surface area contributed by atoms with Crippen LogP contribution in [-0.2, 0) is 14.8 Å². The first-order valence-corrected chi connectivity index (χ1v) is 11.2. The van der Waals surface area contributed by atoms with Gasteiger partial charge in [-0.25, -0.2) is 12.8 Å². The van der Waals surface area contributed by atoms with E-state index < -0.39 is 21.8 Å². The molecule has 1 atom stereocenters. The third-order valence-corrected chi connectivity index (χ3v) is 7.33. The molecule has 1 amide bonds. The number of carbonyl (C=O) groups is 1. The molecule has 1 aliphatic heterocycles. The van der Waals surface area contributed by atoms with Crippen molar-refractivity contribution in [3.05, 3.63) is 47.6 Å². The first-order valence-electron chi connectivity index (χ1n) is 8.87. The zero-order valence-electron chi connectivity index (χ0n) is 15.1. The van der Waals surface area contributed by atoms with Gasteiger partial charge in [0.2, 0.25) is 15.9 Å². The summed E-state index contributed by atoms with van der Waals surface area (Å²) in [5.74, 6) is -1.15. The van der Waals surface area contributed by atoms with Crippen molar-refractivity contribution in [1.29, 1.82) is 0 Å². The number of rotatable bonds is 5. The number of amides is 1. The third-order valence-electron chi connectivity index (χ3n) is 4.59. The molecule has 0 bridgehead atoms. The average Bonchev–Trinajstić information content (AvgIpc) is 3.40. The third kappa shape index (κ3) is 4.21. The maximum Gasteiger partial charge on any atom is 0.322 e. The molecule has 0 radical (unpaired) electrons. The van der Waals surface area contributed by atoms with Gasteiger partial charge in [0, 0.05) is 13.1 Å². The monoisotopic (exact) mass is 436 g/mol. The Labute approximate surface area is 170 Å². The Morgan fingerprint density at radius 1 is 1.24 bits per heavy atom. The molecular weight excluding hydrogens is 419 g/mol. The maximum absolute atomic E-state index is 13.1. The van der Waals surface area contributed by atoms with Crippen LogP contribution < -0.4 is 5.32 Å². The van der Waals surface area contributed by atoms with Crippen LogP contribution in [-0.4, -0.2) is 41.9 Å². The van der Waals surface area contributed by atoms with Gasteiger partial charge in [0.25, 0.3) is 5.89 Å². The van der Waals surface area contributed by atoms with E-state index in [1.807, 2.05) is 17.5 Å². The smallest absolute Gasteiger partial charge is 0.322 e. The SMILES string of the molecule is O=C(Nc1nnc(-c2cccs2)o1)C1CCCN(S(=O)(=O)c2ccc(F)cc2)C1. The zero-order valence-corrected chi connectivity index (χ0v) is 16.7. The maximum atomic E-state index is 13.1. The number of benzene rings is 1. The van der Waals surface area contributed by atoms with Gasteiger partial charge in [-0.15, -0.1) is 16.4 Å². The molecule has 0 saturated carbocycles. The topological polar surface area (TPSA) is 105 Å². The second kappa shape index (κ2) is 8.01. The Balaban J connectivity index is 1.44. The van der Waals surface area contributed by atoms with Crippen LogP contribution in [0.3, 0.4) is 0 Å². The van der Waals surface area contributed by atoms with Crippen molar-refractivity contribution >= 4 is 33.3 Å². The minimum absolute atomic E-state index is 0.00236. The van der Waals surface area contributed by atoms with Crippen molar-refractivity contribution in [2.45, 2.75) is 17.7 Å². The summed E-state index contributed by atoms with van der Waals surface area (Å²) < 4.78 is 45.4. The predicted molar refractivity (Wildman–Crippen MR) is 104 cm³/mol. The fourth-order valence-electron chi connectivity index (χ4n) is 3.11. The molecule has 1 fully saturated rings. The second-order valence-corrected chi connectivity index (χ2v) is 9.42. The summed E-state index contributed by atoms with van der Waals surface area (Å²) in [4.78, 5) is 13.4. The number of sulfonamides is 1. The molecule has 3 heterocycles. The van der Waals surface area contributed by atoms with E-state index in [2.05, 4.69) is 15.5 Å². The van der Waals surface area contributed by atoms with Gasteiger partial charge in [-0.05, 0) is 48.6 Å². The highest BCUT2D eigenvalue weighted by Crippen LogP contribution is 2.27. The number of hydrogen-bond acceptors (Lipinski definition) is 7. The van der Waals surface area contributed by atoms with Crippen molar-refractivity contribution in [1.82, 2.24) is 14.5 Å². The van der Waals surface area contributed by atoms with Crippen LogP contribution in [0.15, 0.2) is 51.1 Å². The standard InChI is InChI=1S/C18H17FN4O4S2/c19-13-5-7-14(8-6-13)29(25,26)23-9-1-3-12(11-23)16(24)20-18-22-21-17(27-18)15-4-2-10-28-15/h2,4-8,10,12H,1,3,9,11H2,(H,20,22,24). The molecule has 1 aliphatic rings. The number of halogens is 1. The summed E-state index contributed by atoms with van der Waals surface area (Å²) in [6, 6.07) is 8.28. The van der Waals surface area contributed by atoms with Gasteiger partial charge in [-0.2, -0.15) is 4.31 Å². The molecule has 1 aromatic carbocycles. The van der Waals surface area contributed by atoms with E-state index in [4.69, 9.17) is 4.42 Å². The van der Waals surface area contributed by atoms with Gasteiger partial charge in [-0.1, -0.05) is 11.2 Å². The highest BCUT2D eigenvalue weighted by Gasteiger charge is 2.33. The fraction of sp³-hybridized carbons (Fsp3) is 0.278. The normalized spacial score (nSPS) is 17.9. The molecular formula is C18H17FN4O4S2. The lowest BCUT2D eigenvalue weighted by atomic mass is 9.99. The van der Waals surface area contributed by atoms with Crippen LogP contribution >= 0.6 is 11.3 Å². The zero-order chi connectivity index (χ0) is 20.4. The molecule has 3 aromatic rings. The van der Waals surface area contributed by atoms with Crippen molar-refractivity contribution in [2.75, 3.05) is 18.4 Å². The number of nitrogens with zero attached hydrogens (tertiary/aromatic N) is 3. The molecule has 29 heavy (non-hydrogen) atoms. The quantitative estimate of drug-likeness (QED) is 0.659. The first kappa shape index (κ1) is 19.7. The van der Waals surface area contributed by atoms with Crippen LogP contribution in [0.25, 0.3) is 10.8 Å². The van der Waals surface area contributed by atoms with E-state index in [9.17, 15) is 17.6 Å². The molecule has 11 heteroatoms. The van der Waals surface area contributed by atoms with E-state index in [-0.39, 0.29) is 23.4 Å². The lowest BCUT2D eigenvalue weighted by Gasteiger charge is -2.30. The Hall–Kier alpha value is -2.63. The van der Waals surface area contributed by atoms with Crippen LogP contribution in [0.4, 0.5) is 10.4 Å². The minimum atomic E-state index is -3.81. The van der Waals surface area contributed by atoms with E-state index in [0.29, 0.717) is 25.3 Å². The molecule has 2 aromatic heterocycles. The van der Waals surface area contributed by atoms with Gasteiger partial charge in [0.1, 0.15) is 5.82 Å². The Morgan fingerprint density at radius 2 is 2.03 bits per heavy atom. The van der Waals surface area contributed by atoms with Gasteiger partial charge in [0.15, 0.2) is 0 Å². The molecule has 1 N–H and O–H groups in total. The van der Waals surface area contributed by atoms with Crippen LogP contribution in [0, 0.1) is 11.7 Å². The molecule has 1 saturated heterocycles. The number of piperidine rings is 1. The summed E-state index contributed by atoms with van der Waals surface area (Å²) >= 11 is 1.43. The van der Waals surface area contributed by atoms with E-state index >= 15 is 0 Å². The van der Waals surface area contributed by atoms with Crippen molar-refractivity contribution in [3.8, 4) is 10.8 Å². The number of aromatic nitrogens is 2. The van der Waals surface area contributed by atoms with Crippen LogP contribution in [0.1, 0.15) is 12.8 Å². The minimum Gasteiger partial charge on any atom is -0.402 e. The summed E-state index contributed by atoms with van der Waals surface area (Å²) in [6.07, 6.45) is 1.07. The van der Waals surface area contributed by atoms with Crippen molar-refractivity contribution < 1.29 is 22.0 Å². The molecule has 0 spiro atoms. The largest absolute Gasteiger partial charge is 0.402 e. The summed E-state index contributed by atoms with van der Waals surface area (Å²) in [5.41, 5.74) is 0. The van der Waals surface area contributed by atoms with Crippen molar-refractivity contribution in [2.24, 2.45) is 5.92 Å². The van der Waals surface area contributed by atoms with Gasteiger partial charge >= 0.3 is 6.01 Å². The van der Waals surface area contributed by atoms with E-state index in [1.54, 1.807) is 0 Å². The fourth-order valence-corrected chi connectivity index (χ4v) is 5.28. The van der Waals surface area contributed by atoms with Crippen LogP contribution in [0.2, 0.25) is 0 Å². The Morgan fingerprint density at radius 3 is 2.76 bits per heavy atom. The second-order valence-electron chi connectivity index (χ2n) is 6.54. The molecule has 1 unspecified atom stereocenters. The Kier molecular flexibility index (Phi) is 5.43. The molecule has 8 nitrogen and oxygen atoms in total. The number of nitrogens with one attached hydrogen (secondary N) is 1. The Bertz CT molecular complexity index is 1100. The molecule has 0 aliphatic carbocycles. The average molecular weight is 436 g/mol. The van der Waals surface area contributed by atoms with E-state index in [1.165, 1.54) is 27.8 Å². The molecule has 4 rings (SSSR count). The van der Waals surface area contributed by atoms with E-state index in [0.717, 1.165) is 17.0 Å². The summed E-state index contributed by atoms with van der Waals surface area (Å²) in [6.45, 7) is 0.323. The first-order chi connectivity index (χ1) is 13.9. The lowest BCUT2D eigenvalue weighted by molar-refractivity contribution is -0.121. The number of hydrogen-bond donors (Lipinski definition) is 1. The predicted octanol–water partition coefficient (Wildman–Crippen LogP) is 2.98. The molecule has 152 valence electrons.